The van der Waals surface area contributed by atoms with Crippen LogP contribution in [0, 0.1) is 13.8 Å². The van der Waals surface area contributed by atoms with E-state index >= 15 is 0 Å². The Kier molecular flexibility index (Phi) is 4.45. The van der Waals surface area contributed by atoms with Crippen molar-refractivity contribution in [3.05, 3.63) is 10.6 Å². The normalized spacial score (nSPS) is 23.4. The fourth-order valence-corrected chi connectivity index (χ4v) is 3.86. The van der Waals surface area contributed by atoms with E-state index in [1.807, 2.05) is 4.90 Å². The molecule has 0 bridgehead atoms. The maximum atomic E-state index is 12.4. The Labute approximate surface area is 129 Å². The third-order valence-electron chi connectivity index (χ3n) is 4.30. The van der Waals surface area contributed by atoms with E-state index in [2.05, 4.69) is 23.7 Å². The molecule has 2 fully saturated rings. The summed E-state index contributed by atoms with van der Waals surface area (Å²) in [6.07, 6.45) is 2.69. The second-order valence-electron chi connectivity index (χ2n) is 5.81. The quantitative estimate of drug-likeness (QED) is 0.838. The van der Waals surface area contributed by atoms with Gasteiger partial charge in [0.15, 0.2) is 5.13 Å². The fraction of sp³-hybridized carbons (Fsp3) is 0.733. The maximum absolute atomic E-state index is 12.4. The topological polar surface area (TPSA) is 45.7 Å². The molecular weight excluding hydrogens is 286 g/mol. The number of carbonyl (C=O) groups is 1. The van der Waals surface area contributed by atoms with Crippen LogP contribution in [0.1, 0.15) is 29.8 Å². The molecule has 6 heteroatoms. The minimum atomic E-state index is -0.194. The lowest BCUT2D eigenvalue weighted by Gasteiger charge is -2.24. The van der Waals surface area contributed by atoms with E-state index in [0.29, 0.717) is 0 Å². The van der Waals surface area contributed by atoms with Gasteiger partial charge in [0.2, 0.25) is 0 Å². The van der Waals surface area contributed by atoms with Gasteiger partial charge < -0.3 is 14.5 Å². The predicted molar refractivity (Wildman–Crippen MR) is 84.0 cm³/mol. The Balaban J connectivity index is 1.62. The van der Waals surface area contributed by atoms with Gasteiger partial charge in [0.25, 0.3) is 5.91 Å². The number of aromatic nitrogens is 1. The SMILES string of the molecule is Cc1nc(N2CCCN(C(=O)[C@H]3CCCO3)CC2)sc1C. The maximum Gasteiger partial charge on any atom is 0.251 e. The van der Waals surface area contributed by atoms with E-state index in [1.54, 1.807) is 11.3 Å². The van der Waals surface area contributed by atoms with Crippen LogP contribution in [0.15, 0.2) is 0 Å². The highest BCUT2D eigenvalue weighted by Gasteiger charge is 2.29. The zero-order valence-corrected chi connectivity index (χ0v) is 13.6. The molecular formula is C15H23N3O2S. The minimum Gasteiger partial charge on any atom is -0.368 e. The molecule has 116 valence electrons. The van der Waals surface area contributed by atoms with Crippen LogP contribution >= 0.6 is 11.3 Å². The highest BCUT2D eigenvalue weighted by molar-refractivity contribution is 7.15. The number of hydrogen-bond donors (Lipinski definition) is 0. The van der Waals surface area contributed by atoms with Crippen molar-refractivity contribution in [3.8, 4) is 0 Å². The lowest BCUT2D eigenvalue weighted by atomic mass is 10.2. The molecule has 1 aromatic heterocycles. The average molecular weight is 309 g/mol. The molecule has 2 aliphatic heterocycles. The number of rotatable bonds is 2. The summed E-state index contributed by atoms with van der Waals surface area (Å²) < 4.78 is 5.52. The van der Waals surface area contributed by atoms with Crippen molar-refractivity contribution in [2.45, 2.75) is 39.2 Å². The summed E-state index contributed by atoms with van der Waals surface area (Å²) in [5.41, 5.74) is 1.12. The molecule has 0 unspecified atom stereocenters. The number of thiazole rings is 1. The van der Waals surface area contributed by atoms with E-state index in [9.17, 15) is 4.79 Å². The molecule has 0 saturated carbocycles. The molecule has 1 atom stereocenters. The van der Waals surface area contributed by atoms with Crippen LogP contribution in [0.25, 0.3) is 0 Å². The number of aryl methyl sites for hydroxylation is 2. The van der Waals surface area contributed by atoms with Gasteiger partial charge in [-0.3, -0.25) is 4.79 Å². The van der Waals surface area contributed by atoms with Crippen LogP contribution in [0.4, 0.5) is 5.13 Å². The summed E-state index contributed by atoms with van der Waals surface area (Å²) in [6.45, 7) is 8.34. The average Bonchev–Trinajstić information content (AvgIpc) is 3.03. The van der Waals surface area contributed by atoms with Gasteiger partial charge in [-0.05, 0) is 33.1 Å². The number of amides is 1. The lowest BCUT2D eigenvalue weighted by molar-refractivity contribution is -0.140. The molecule has 0 spiro atoms. The van der Waals surface area contributed by atoms with Crippen molar-refractivity contribution in [1.29, 1.82) is 0 Å². The third-order valence-corrected chi connectivity index (χ3v) is 5.43. The lowest BCUT2D eigenvalue weighted by Crippen LogP contribution is -2.41. The van der Waals surface area contributed by atoms with Gasteiger partial charge in [0, 0.05) is 37.7 Å². The van der Waals surface area contributed by atoms with Crippen molar-refractivity contribution in [2.75, 3.05) is 37.7 Å². The van der Waals surface area contributed by atoms with Gasteiger partial charge in [0.05, 0.1) is 5.69 Å². The number of carbonyl (C=O) groups excluding carboxylic acids is 1. The zero-order valence-electron chi connectivity index (χ0n) is 12.8. The summed E-state index contributed by atoms with van der Waals surface area (Å²) in [5.74, 6) is 0.181. The molecule has 5 nitrogen and oxygen atoms in total. The van der Waals surface area contributed by atoms with Gasteiger partial charge in [-0.1, -0.05) is 0 Å². The van der Waals surface area contributed by atoms with Crippen LogP contribution in [0.3, 0.4) is 0 Å². The smallest absolute Gasteiger partial charge is 0.251 e. The molecule has 2 saturated heterocycles. The van der Waals surface area contributed by atoms with Crippen molar-refractivity contribution >= 4 is 22.4 Å². The van der Waals surface area contributed by atoms with E-state index in [4.69, 9.17) is 4.74 Å². The largest absolute Gasteiger partial charge is 0.368 e. The molecule has 2 aliphatic rings. The van der Waals surface area contributed by atoms with Crippen LogP contribution in [-0.2, 0) is 9.53 Å². The monoisotopic (exact) mass is 309 g/mol. The first-order chi connectivity index (χ1) is 10.1. The van der Waals surface area contributed by atoms with Crippen molar-refractivity contribution in [2.24, 2.45) is 0 Å². The predicted octanol–water partition coefficient (Wildman–Crippen LogP) is 1.98. The molecule has 0 aliphatic carbocycles. The minimum absolute atomic E-state index is 0.181. The Bertz CT molecular complexity index is 492. The molecule has 0 aromatic carbocycles. The van der Waals surface area contributed by atoms with Crippen LogP contribution < -0.4 is 4.90 Å². The first-order valence-electron chi connectivity index (χ1n) is 7.74. The van der Waals surface area contributed by atoms with E-state index in [0.717, 1.165) is 62.9 Å². The first kappa shape index (κ1) is 14.8. The highest BCUT2D eigenvalue weighted by Crippen LogP contribution is 2.26. The molecule has 1 amide bonds. The Morgan fingerprint density at radius 3 is 2.76 bits per heavy atom. The molecule has 0 N–H and O–H groups in total. The number of anilines is 1. The molecule has 21 heavy (non-hydrogen) atoms. The summed E-state index contributed by atoms with van der Waals surface area (Å²) in [4.78, 5) is 22.6. The standard InChI is InChI=1S/C15H23N3O2S/c1-11-12(2)21-15(16-11)18-7-4-6-17(8-9-18)14(19)13-5-3-10-20-13/h13H,3-10H2,1-2H3/t13-/m1/s1. The Morgan fingerprint density at radius 2 is 2.10 bits per heavy atom. The van der Waals surface area contributed by atoms with Gasteiger partial charge in [-0.2, -0.15) is 0 Å². The summed E-state index contributed by atoms with van der Waals surface area (Å²) in [7, 11) is 0. The molecule has 3 rings (SSSR count). The number of ether oxygens (including phenoxy) is 1. The van der Waals surface area contributed by atoms with Gasteiger partial charge in [-0.25, -0.2) is 4.98 Å². The number of nitrogens with zero attached hydrogens (tertiary/aromatic N) is 3. The number of hydrogen-bond acceptors (Lipinski definition) is 5. The summed E-state index contributed by atoms with van der Waals surface area (Å²) >= 11 is 1.75. The third kappa shape index (κ3) is 3.21. The molecule has 0 radical (unpaired) electrons. The molecule has 1 aromatic rings. The zero-order chi connectivity index (χ0) is 14.8. The van der Waals surface area contributed by atoms with Crippen LogP contribution in [0.5, 0.6) is 0 Å². The summed E-state index contributed by atoms with van der Waals surface area (Å²) in [6, 6.07) is 0. The van der Waals surface area contributed by atoms with Gasteiger partial charge in [-0.15, -0.1) is 11.3 Å². The van der Waals surface area contributed by atoms with Gasteiger partial charge >= 0.3 is 0 Å². The van der Waals surface area contributed by atoms with Crippen LogP contribution in [0.2, 0.25) is 0 Å². The first-order valence-corrected chi connectivity index (χ1v) is 8.56. The van der Waals surface area contributed by atoms with Crippen molar-refractivity contribution < 1.29 is 9.53 Å². The Morgan fingerprint density at radius 1 is 1.24 bits per heavy atom. The highest BCUT2D eigenvalue weighted by atomic mass is 32.1. The van der Waals surface area contributed by atoms with Gasteiger partial charge in [0.1, 0.15) is 6.10 Å². The Hall–Kier alpha value is -1.14. The van der Waals surface area contributed by atoms with Crippen LogP contribution in [-0.4, -0.2) is 54.7 Å². The second kappa shape index (κ2) is 6.32. The molecule has 3 heterocycles. The second-order valence-corrected chi connectivity index (χ2v) is 6.99. The van der Waals surface area contributed by atoms with E-state index in [1.165, 1.54) is 4.88 Å². The van der Waals surface area contributed by atoms with Crippen molar-refractivity contribution in [3.63, 3.8) is 0 Å². The van der Waals surface area contributed by atoms with E-state index < -0.39 is 0 Å². The summed E-state index contributed by atoms with van der Waals surface area (Å²) in [5, 5.41) is 1.09. The fourth-order valence-electron chi connectivity index (χ4n) is 2.90. The van der Waals surface area contributed by atoms with E-state index in [-0.39, 0.29) is 12.0 Å². The van der Waals surface area contributed by atoms with Crippen molar-refractivity contribution in [1.82, 2.24) is 9.88 Å².